The van der Waals surface area contributed by atoms with Crippen LogP contribution in [0, 0.1) is 0 Å². The first-order valence-corrected chi connectivity index (χ1v) is 7.63. The van der Waals surface area contributed by atoms with E-state index in [9.17, 15) is 8.42 Å². The van der Waals surface area contributed by atoms with Crippen LogP contribution < -0.4 is 0 Å². The fraction of sp³-hybridized carbons (Fsp3) is 1.00. The lowest BCUT2D eigenvalue weighted by Crippen LogP contribution is -2.57. The van der Waals surface area contributed by atoms with Gasteiger partial charge in [0.05, 0.1) is 5.75 Å². The van der Waals surface area contributed by atoms with Gasteiger partial charge >= 0.3 is 0 Å². The van der Waals surface area contributed by atoms with Gasteiger partial charge in [0.1, 0.15) is 0 Å². The Morgan fingerprint density at radius 2 is 1.44 bits per heavy atom. The molecule has 0 aromatic carbocycles. The topological polar surface area (TPSA) is 37.4 Å². The lowest BCUT2D eigenvalue weighted by molar-refractivity contribution is 0.116. The van der Waals surface area contributed by atoms with Gasteiger partial charge in [-0.15, -0.1) is 0 Å². The molecule has 0 aliphatic carbocycles. The third-order valence-electron chi connectivity index (χ3n) is 2.66. The van der Waals surface area contributed by atoms with Gasteiger partial charge in [0, 0.05) is 11.1 Å². The molecule has 0 bridgehead atoms. The number of nitrogens with zero attached hydrogens (tertiary/aromatic N) is 1. The van der Waals surface area contributed by atoms with E-state index < -0.39 is 10.0 Å². The maximum Gasteiger partial charge on any atom is 0.214 e. The van der Waals surface area contributed by atoms with Crippen LogP contribution in [0.3, 0.4) is 0 Å². The zero-order valence-corrected chi connectivity index (χ0v) is 12.6. The van der Waals surface area contributed by atoms with Gasteiger partial charge in [0.25, 0.3) is 0 Å². The van der Waals surface area contributed by atoms with E-state index in [1.54, 1.807) is 11.2 Å². The Labute approximate surface area is 101 Å². The summed E-state index contributed by atoms with van der Waals surface area (Å²) >= 11 is 0. The first kappa shape index (κ1) is 15.9. The van der Waals surface area contributed by atoms with Crippen molar-refractivity contribution in [3.05, 3.63) is 0 Å². The molecule has 0 aromatic heterocycles. The minimum Gasteiger partial charge on any atom is -0.212 e. The van der Waals surface area contributed by atoms with Gasteiger partial charge in [-0.1, -0.05) is 13.3 Å². The first-order valence-electron chi connectivity index (χ1n) is 6.02. The quantitative estimate of drug-likeness (QED) is 0.751. The third kappa shape index (κ3) is 3.74. The fourth-order valence-corrected chi connectivity index (χ4v) is 4.48. The van der Waals surface area contributed by atoms with Crippen molar-refractivity contribution >= 4 is 10.0 Å². The number of hydrogen-bond acceptors (Lipinski definition) is 2. The molecule has 0 rings (SSSR count). The zero-order chi connectivity index (χ0) is 13.2. The number of sulfonamides is 1. The summed E-state index contributed by atoms with van der Waals surface area (Å²) in [6.07, 6.45) is 1.86. The second kappa shape index (κ2) is 5.05. The molecular weight excluding hydrogens is 222 g/mol. The van der Waals surface area contributed by atoms with Gasteiger partial charge < -0.3 is 0 Å². The number of hydrogen-bond donors (Lipinski definition) is 0. The van der Waals surface area contributed by atoms with Crippen LogP contribution in [-0.4, -0.2) is 29.6 Å². The second-order valence-corrected chi connectivity index (χ2v) is 8.00. The van der Waals surface area contributed by atoms with Crippen LogP contribution in [0.4, 0.5) is 0 Å². The molecule has 0 saturated heterocycles. The average Bonchev–Trinajstić information content (AvgIpc) is 1.99. The van der Waals surface area contributed by atoms with Crippen LogP contribution in [-0.2, 0) is 10.0 Å². The molecule has 3 nitrogen and oxygen atoms in total. The summed E-state index contributed by atoms with van der Waals surface area (Å²) in [5, 5.41) is 0. The highest BCUT2D eigenvalue weighted by Gasteiger charge is 2.41. The van der Waals surface area contributed by atoms with Gasteiger partial charge in [0.15, 0.2) is 0 Å². The van der Waals surface area contributed by atoms with E-state index in [4.69, 9.17) is 0 Å². The lowest BCUT2D eigenvalue weighted by atomic mass is 9.94. The zero-order valence-electron chi connectivity index (χ0n) is 11.8. The summed E-state index contributed by atoms with van der Waals surface area (Å²) in [6, 6.07) is 0. The monoisotopic (exact) mass is 249 g/mol. The van der Waals surface area contributed by atoms with E-state index in [1.807, 2.05) is 34.6 Å². The van der Waals surface area contributed by atoms with Gasteiger partial charge in [0.2, 0.25) is 10.0 Å². The molecule has 0 aliphatic heterocycles. The van der Waals surface area contributed by atoms with Crippen molar-refractivity contribution in [2.45, 2.75) is 72.4 Å². The Morgan fingerprint density at radius 3 is 1.69 bits per heavy atom. The van der Waals surface area contributed by atoms with Crippen LogP contribution in [0.15, 0.2) is 0 Å². The predicted molar refractivity (Wildman–Crippen MR) is 70.0 cm³/mol. The molecule has 0 radical (unpaired) electrons. The SMILES string of the molecule is CCCC(C)(C)N(C(C)(C)C)S(=O)(=O)CC. The van der Waals surface area contributed by atoms with Crippen molar-refractivity contribution in [3.8, 4) is 0 Å². The maximum absolute atomic E-state index is 12.2. The minimum absolute atomic E-state index is 0.164. The van der Waals surface area contributed by atoms with E-state index in [0.717, 1.165) is 12.8 Å². The van der Waals surface area contributed by atoms with Gasteiger partial charge in [-0.25, -0.2) is 8.42 Å². The molecule has 0 fully saturated rings. The molecule has 0 aromatic rings. The molecule has 4 heteroatoms. The number of rotatable bonds is 5. The van der Waals surface area contributed by atoms with Crippen molar-refractivity contribution in [2.75, 3.05) is 5.75 Å². The Kier molecular flexibility index (Phi) is 5.02. The largest absolute Gasteiger partial charge is 0.214 e. The molecule has 0 unspecified atom stereocenters. The average molecular weight is 249 g/mol. The molecule has 0 saturated carbocycles. The molecule has 0 spiro atoms. The van der Waals surface area contributed by atoms with Gasteiger partial charge in [-0.3, -0.25) is 0 Å². The van der Waals surface area contributed by atoms with Crippen molar-refractivity contribution in [1.82, 2.24) is 4.31 Å². The summed E-state index contributed by atoms with van der Waals surface area (Å²) in [5.74, 6) is 0.164. The standard InChI is InChI=1S/C12H27NO2S/c1-8-10-12(6,7)13(11(3,4)5)16(14,15)9-2/h8-10H2,1-7H3. The smallest absolute Gasteiger partial charge is 0.212 e. The first-order chi connectivity index (χ1) is 6.99. The minimum atomic E-state index is -3.16. The molecule has 16 heavy (non-hydrogen) atoms. The summed E-state index contributed by atoms with van der Waals surface area (Å²) in [7, 11) is -3.16. The highest BCUT2D eigenvalue weighted by molar-refractivity contribution is 7.89. The third-order valence-corrected chi connectivity index (χ3v) is 4.99. The maximum atomic E-state index is 12.2. The summed E-state index contributed by atoms with van der Waals surface area (Å²) < 4.78 is 26.1. The predicted octanol–water partition coefficient (Wildman–Crippen LogP) is 3.02. The van der Waals surface area contributed by atoms with E-state index in [2.05, 4.69) is 6.92 Å². The molecule has 0 N–H and O–H groups in total. The Bertz CT molecular complexity index is 312. The van der Waals surface area contributed by atoms with Crippen LogP contribution in [0.5, 0.6) is 0 Å². The molecule has 0 atom stereocenters. The van der Waals surface area contributed by atoms with Crippen LogP contribution in [0.25, 0.3) is 0 Å². The van der Waals surface area contributed by atoms with E-state index in [0.29, 0.717) is 0 Å². The van der Waals surface area contributed by atoms with Crippen molar-refractivity contribution in [2.24, 2.45) is 0 Å². The Balaban J connectivity index is 5.45. The van der Waals surface area contributed by atoms with Crippen molar-refractivity contribution < 1.29 is 8.42 Å². The highest BCUT2D eigenvalue weighted by Crippen LogP contribution is 2.32. The normalized spacial score (nSPS) is 14.5. The fourth-order valence-electron chi connectivity index (χ4n) is 2.54. The van der Waals surface area contributed by atoms with Crippen molar-refractivity contribution in [3.63, 3.8) is 0 Å². The lowest BCUT2D eigenvalue weighted by Gasteiger charge is -2.45. The molecule has 0 amide bonds. The van der Waals surface area contributed by atoms with Crippen LogP contribution in [0.2, 0.25) is 0 Å². The summed E-state index contributed by atoms with van der Waals surface area (Å²) in [6.45, 7) is 13.7. The van der Waals surface area contributed by atoms with E-state index >= 15 is 0 Å². The highest BCUT2D eigenvalue weighted by atomic mass is 32.2. The Hall–Kier alpha value is -0.0900. The molecule has 98 valence electrons. The molecule has 0 aliphatic rings. The van der Waals surface area contributed by atoms with Crippen LogP contribution >= 0.6 is 0 Å². The second-order valence-electron chi connectivity index (χ2n) is 5.90. The Morgan fingerprint density at radius 1 is 1.00 bits per heavy atom. The van der Waals surface area contributed by atoms with Gasteiger partial charge in [-0.05, 0) is 48.0 Å². The van der Waals surface area contributed by atoms with Gasteiger partial charge in [-0.2, -0.15) is 4.31 Å². The van der Waals surface area contributed by atoms with E-state index in [1.165, 1.54) is 0 Å². The van der Waals surface area contributed by atoms with Crippen LogP contribution in [0.1, 0.15) is 61.3 Å². The molecular formula is C12H27NO2S. The summed E-state index contributed by atoms with van der Waals surface area (Å²) in [4.78, 5) is 0. The van der Waals surface area contributed by atoms with Crippen molar-refractivity contribution in [1.29, 1.82) is 0 Å². The van der Waals surface area contributed by atoms with E-state index in [-0.39, 0.29) is 16.8 Å². The summed E-state index contributed by atoms with van der Waals surface area (Å²) in [5.41, 5.74) is -0.685. The molecule has 0 heterocycles.